The maximum Gasteiger partial charge on any atom is 0.223 e. The number of carbonyl (C=O) groups is 2. The minimum Gasteiger partial charge on any atom is -0.353 e. The summed E-state index contributed by atoms with van der Waals surface area (Å²) < 4.78 is 0. The van der Waals surface area contributed by atoms with E-state index in [1.165, 1.54) is 25.7 Å². The second kappa shape index (κ2) is 9.70. The van der Waals surface area contributed by atoms with Crippen LogP contribution in [-0.2, 0) is 16.1 Å². The highest BCUT2D eigenvalue weighted by molar-refractivity contribution is 5.81. The molecule has 0 saturated heterocycles. The molecule has 0 aliphatic heterocycles. The lowest BCUT2D eigenvalue weighted by molar-refractivity contribution is -0.131. The van der Waals surface area contributed by atoms with Gasteiger partial charge in [0.2, 0.25) is 11.8 Å². The van der Waals surface area contributed by atoms with Gasteiger partial charge in [0.1, 0.15) is 0 Å². The number of nitrogens with zero attached hydrogens (tertiary/aromatic N) is 1. The highest BCUT2D eigenvalue weighted by atomic mass is 16.2. The summed E-state index contributed by atoms with van der Waals surface area (Å²) >= 11 is 0. The van der Waals surface area contributed by atoms with Gasteiger partial charge in [-0.1, -0.05) is 31.7 Å². The van der Waals surface area contributed by atoms with E-state index < -0.39 is 0 Å². The zero-order valence-electron chi connectivity index (χ0n) is 15.6. The van der Waals surface area contributed by atoms with E-state index >= 15 is 0 Å². The number of carbonyl (C=O) groups excluding carboxylic acids is 2. The molecule has 26 heavy (non-hydrogen) atoms. The number of nitrogens with one attached hydrogen (secondary N) is 2. The minimum absolute atomic E-state index is 0.0284. The van der Waals surface area contributed by atoms with Gasteiger partial charge in [0.15, 0.2) is 0 Å². The van der Waals surface area contributed by atoms with Crippen molar-refractivity contribution in [1.82, 2.24) is 15.6 Å². The molecule has 2 N–H and O–H groups in total. The molecular weight excluding hydrogens is 326 g/mol. The summed E-state index contributed by atoms with van der Waals surface area (Å²) in [5.74, 6) is 0.418. The molecule has 0 radical (unpaired) electrons. The summed E-state index contributed by atoms with van der Waals surface area (Å²) in [6.45, 7) is 0.474. The number of aromatic nitrogens is 1. The Balaban J connectivity index is 1.39. The van der Waals surface area contributed by atoms with Gasteiger partial charge in [-0.2, -0.15) is 0 Å². The first-order chi connectivity index (χ1) is 12.7. The van der Waals surface area contributed by atoms with Crippen molar-refractivity contribution >= 4 is 11.8 Å². The quantitative estimate of drug-likeness (QED) is 0.794. The van der Waals surface area contributed by atoms with E-state index in [2.05, 4.69) is 15.6 Å². The zero-order valence-corrected chi connectivity index (χ0v) is 15.6. The Morgan fingerprint density at radius 2 is 1.54 bits per heavy atom. The van der Waals surface area contributed by atoms with Crippen molar-refractivity contribution in [2.75, 3.05) is 0 Å². The van der Waals surface area contributed by atoms with Crippen LogP contribution in [0.3, 0.4) is 0 Å². The molecule has 3 rings (SSSR count). The topological polar surface area (TPSA) is 71.1 Å². The SMILES string of the molecule is O=C(NCc1ccccn1)C1CCC(C(=O)NC2CCCCCC2)CC1. The van der Waals surface area contributed by atoms with Gasteiger partial charge < -0.3 is 10.6 Å². The fourth-order valence-electron chi connectivity index (χ4n) is 4.19. The lowest BCUT2D eigenvalue weighted by Gasteiger charge is -2.28. The molecule has 0 aromatic carbocycles. The molecule has 0 bridgehead atoms. The normalized spacial score (nSPS) is 24.5. The Bertz CT molecular complexity index is 574. The Labute approximate surface area is 156 Å². The van der Waals surface area contributed by atoms with Gasteiger partial charge in [0.25, 0.3) is 0 Å². The summed E-state index contributed by atoms with van der Waals surface area (Å²) in [6.07, 6.45) is 12.3. The second-order valence-electron chi connectivity index (χ2n) is 7.78. The molecule has 2 saturated carbocycles. The van der Waals surface area contributed by atoms with E-state index in [1.54, 1.807) is 6.20 Å². The molecule has 0 unspecified atom stereocenters. The standard InChI is InChI=1S/C21H31N3O2/c25-20(23-15-19-9-5-6-14-22-19)16-10-12-17(13-11-16)21(26)24-18-7-3-1-2-4-8-18/h5-6,9,14,16-18H,1-4,7-8,10-13,15H2,(H,23,25)(H,24,26). The van der Waals surface area contributed by atoms with Crippen molar-refractivity contribution in [3.05, 3.63) is 30.1 Å². The Hall–Kier alpha value is -1.91. The van der Waals surface area contributed by atoms with Crippen molar-refractivity contribution in [2.24, 2.45) is 11.8 Å². The van der Waals surface area contributed by atoms with Crippen LogP contribution < -0.4 is 10.6 Å². The van der Waals surface area contributed by atoms with Crippen LogP contribution in [0.5, 0.6) is 0 Å². The average molecular weight is 357 g/mol. The highest BCUT2D eigenvalue weighted by Gasteiger charge is 2.30. The lowest BCUT2D eigenvalue weighted by Crippen LogP contribution is -2.41. The fraction of sp³-hybridized carbons (Fsp3) is 0.667. The van der Waals surface area contributed by atoms with E-state index in [0.29, 0.717) is 12.6 Å². The number of rotatable bonds is 5. The lowest BCUT2D eigenvalue weighted by atomic mass is 9.81. The maximum atomic E-state index is 12.5. The number of hydrogen-bond acceptors (Lipinski definition) is 3. The second-order valence-corrected chi connectivity index (χ2v) is 7.78. The van der Waals surface area contributed by atoms with E-state index in [-0.39, 0.29) is 23.7 Å². The first-order valence-electron chi connectivity index (χ1n) is 10.2. The van der Waals surface area contributed by atoms with Crippen molar-refractivity contribution < 1.29 is 9.59 Å². The number of pyridine rings is 1. The van der Waals surface area contributed by atoms with Gasteiger partial charge in [-0.15, -0.1) is 0 Å². The van der Waals surface area contributed by atoms with Gasteiger partial charge in [0.05, 0.1) is 12.2 Å². The molecule has 5 heteroatoms. The monoisotopic (exact) mass is 357 g/mol. The summed E-state index contributed by atoms with van der Waals surface area (Å²) in [6, 6.07) is 6.07. The van der Waals surface area contributed by atoms with E-state index in [0.717, 1.165) is 44.2 Å². The predicted octanol–water partition coefficient (Wildman–Crippen LogP) is 3.34. The Kier molecular flexibility index (Phi) is 7.04. The summed E-state index contributed by atoms with van der Waals surface area (Å²) in [5, 5.41) is 6.25. The molecule has 2 aliphatic rings. The summed E-state index contributed by atoms with van der Waals surface area (Å²) in [4.78, 5) is 29.1. The van der Waals surface area contributed by atoms with Crippen LogP contribution in [-0.4, -0.2) is 22.8 Å². The van der Waals surface area contributed by atoms with Crippen molar-refractivity contribution in [3.8, 4) is 0 Å². The molecule has 5 nitrogen and oxygen atoms in total. The van der Waals surface area contributed by atoms with Crippen molar-refractivity contribution in [3.63, 3.8) is 0 Å². The van der Waals surface area contributed by atoms with E-state index in [1.807, 2.05) is 18.2 Å². The Morgan fingerprint density at radius 1 is 0.885 bits per heavy atom. The van der Waals surface area contributed by atoms with Crippen LogP contribution in [0, 0.1) is 11.8 Å². The van der Waals surface area contributed by atoms with Crippen LogP contribution in [0.2, 0.25) is 0 Å². The van der Waals surface area contributed by atoms with Gasteiger partial charge in [-0.05, 0) is 50.7 Å². The first kappa shape index (κ1) is 18.9. The van der Waals surface area contributed by atoms with Gasteiger partial charge >= 0.3 is 0 Å². The third kappa shape index (κ3) is 5.55. The van der Waals surface area contributed by atoms with Gasteiger partial charge in [0, 0.05) is 24.1 Å². The molecule has 1 heterocycles. The van der Waals surface area contributed by atoms with Crippen LogP contribution in [0.4, 0.5) is 0 Å². The third-order valence-corrected chi connectivity index (χ3v) is 5.84. The third-order valence-electron chi connectivity index (χ3n) is 5.84. The molecule has 1 aromatic rings. The smallest absolute Gasteiger partial charge is 0.223 e. The molecule has 1 aromatic heterocycles. The molecule has 142 valence electrons. The van der Waals surface area contributed by atoms with Crippen LogP contribution in [0.15, 0.2) is 24.4 Å². The Morgan fingerprint density at radius 3 is 2.15 bits per heavy atom. The molecule has 2 fully saturated rings. The number of amides is 2. The molecule has 0 spiro atoms. The summed E-state index contributed by atoms with van der Waals surface area (Å²) in [7, 11) is 0. The van der Waals surface area contributed by atoms with Gasteiger partial charge in [-0.25, -0.2) is 0 Å². The molecule has 2 amide bonds. The molecule has 0 atom stereocenters. The highest BCUT2D eigenvalue weighted by Crippen LogP contribution is 2.29. The van der Waals surface area contributed by atoms with Gasteiger partial charge in [-0.3, -0.25) is 14.6 Å². The van der Waals surface area contributed by atoms with Crippen LogP contribution in [0.25, 0.3) is 0 Å². The first-order valence-corrected chi connectivity index (χ1v) is 10.2. The predicted molar refractivity (Wildman–Crippen MR) is 101 cm³/mol. The largest absolute Gasteiger partial charge is 0.353 e. The van der Waals surface area contributed by atoms with Crippen LogP contribution in [0.1, 0.15) is 69.9 Å². The van der Waals surface area contributed by atoms with E-state index in [4.69, 9.17) is 0 Å². The zero-order chi connectivity index (χ0) is 18.2. The van der Waals surface area contributed by atoms with Crippen molar-refractivity contribution in [1.29, 1.82) is 0 Å². The van der Waals surface area contributed by atoms with E-state index in [9.17, 15) is 9.59 Å². The summed E-state index contributed by atoms with van der Waals surface area (Å²) in [5.41, 5.74) is 0.873. The van der Waals surface area contributed by atoms with Crippen molar-refractivity contribution in [2.45, 2.75) is 76.8 Å². The molecular formula is C21H31N3O2. The molecule has 2 aliphatic carbocycles. The van der Waals surface area contributed by atoms with Crippen LogP contribution >= 0.6 is 0 Å². The number of hydrogen-bond donors (Lipinski definition) is 2. The minimum atomic E-state index is 0.0284. The maximum absolute atomic E-state index is 12.5. The average Bonchev–Trinajstić information content (AvgIpc) is 2.95. The fourth-order valence-corrected chi connectivity index (χ4v) is 4.19.